The van der Waals surface area contributed by atoms with Crippen LogP contribution in [0.25, 0.3) is 10.9 Å². The van der Waals surface area contributed by atoms with Crippen LogP contribution in [0.4, 0.5) is 4.39 Å². The summed E-state index contributed by atoms with van der Waals surface area (Å²) in [6, 6.07) is 2.92. The normalized spacial score (nSPS) is 9.56. The molecule has 0 aliphatic rings. The van der Waals surface area contributed by atoms with Gasteiger partial charge in [-0.25, -0.2) is 14.4 Å². The Morgan fingerprint density at radius 1 is 1.19 bits per heavy atom. The van der Waals surface area contributed by atoms with Gasteiger partial charge in [0.2, 0.25) is 0 Å². The van der Waals surface area contributed by atoms with Gasteiger partial charge in [-0.1, -0.05) is 13.8 Å². The summed E-state index contributed by atoms with van der Waals surface area (Å²) in [5.74, 6) is 0.241. The molecule has 0 bridgehead atoms. The third-order valence-electron chi connectivity index (χ3n) is 2.11. The van der Waals surface area contributed by atoms with Crippen LogP contribution in [0.2, 0.25) is 0 Å². The van der Waals surface area contributed by atoms with E-state index in [0.29, 0.717) is 22.3 Å². The second kappa shape index (κ2) is 5.39. The minimum atomic E-state index is -0.320. The molecule has 1 heterocycles. The molecule has 0 spiro atoms. The predicted molar refractivity (Wildman–Crippen MR) is 62.1 cm³/mol. The zero-order valence-electron chi connectivity index (χ0n) is 9.91. The van der Waals surface area contributed by atoms with Crippen LogP contribution >= 0.6 is 0 Å². The zero-order valence-corrected chi connectivity index (χ0v) is 9.91. The van der Waals surface area contributed by atoms with Gasteiger partial charge in [-0.3, -0.25) is 0 Å². The number of methoxy groups -OCH3 is 1. The van der Waals surface area contributed by atoms with E-state index in [1.54, 1.807) is 13.0 Å². The smallest absolute Gasteiger partial charge is 0.145 e. The van der Waals surface area contributed by atoms with E-state index in [4.69, 9.17) is 4.74 Å². The summed E-state index contributed by atoms with van der Waals surface area (Å²) < 4.78 is 18.5. The largest absolute Gasteiger partial charge is 0.494 e. The van der Waals surface area contributed by atoms with Crippen molar-refractivity contribution in [3.63, 3.8) is 0 Å². The number of hydrogen-bond donors (Lipinski definition) is 0. The van der Waals surface area contributed by atoms with Crippen LogP contribution in [-0.4, -0.2) is 17.1 Å². The fraction of sp³-hybridized carbons (Fsp3) is 0.333. The van der Waals surface area contributed by atoms with E-state index in [9.17, 15) is 4.39 Å². The lowest BCUT2D eigenvalue weighted by molar-refractivity contribution is 0.418. The average Bonchev–Trinajstić information content (AvgIpc) is 2.32. The Bertz CT molecular complexity index is 477. The molecule has 0 fully saturated rings. The molecule has 4 heteroatoms. The van der Waals surface area contributed by atoms with Crippen molar-refractivity contribution >= 4 is 10.9 Å². The molecule has 3 nitrogen and oxygen atoms in total. The minimum Gasteiger partial charge on any atom is -0.494 e. The van der Waals surface area contributed by atoms with Gasteiger partial charge in [-0.05, 0) is 19.1 Å². The predicted octanol–water partition coefficient (Wildman–Crippen LogP) is 3.11. The first-order valence-electron chi connectivity index (χ1n) is 5.18. The number of aryl methyl sites for hydroxylation is 1. The molecule has 2 aromatic rings. The van der Waals surface area contributed by atoms with E-state index in [2.05, 4.69) is 9.97 Å². The number of fused-ring (bicyclic) bond motifs is 1. The fourth-order valence-corrected chi connectivity index (χ4v) is 1.42. The number of ether oxygens (including phenoxy) is 1. The second-order valence-corrected chi connectivity index (χ2v) is 2.93. The SMILES string of the molecule is CC.COc1ccc(F)c2c(C)ncnc12. The highest BCUT2D eigenvalue weighted by Gasteiger charge is 2.09. The third-order valence-corrected chi connectivity index (χ3v) is 2.11. The molecule has 0 N–H and O–H groups in total. The number of benzene rings is 1. The molecule has 0 atom stereocenters. The van der Waals surface area contributed by atoms with Crippen molar-refractivity contribution in [3.8, 4) is 5.75 Å². The molecule has 1 aromatic carbocycles. The van der Waals surface area contributed by atoms with Crippen molar-refractivity contribution in [2.75, 3.05) is 7.11 Å². The topological polar surface area (TPSA) is 35.0 Å². The van der Waals surface area contributed by atoms with Crippen LogP contribution in [0, 0.1) is 12.7 Å². The van der Waals surface area contributed by atoms with E-state index >= 15 is 0 Å². The van der Waals surface area contributed by atoms with Crippen LogP contribution in [0.5, 0.6) is 5.75 Å². The molecule has 0 saturated heterocycles. The summed E-state index contributed by atoms with van der Waals surface area (Å²) in [6.07, 6.45) is 1.40. The summed E-state index contributed by atoms with van der Waals surface area (Å²) in [6.45, 7) is 5.74. The van der Waals surface area contributed by atoms with Gasteiger partial charge in [0.05, 0.1) is 18.2 Å². The number of halogens is 1. The highest BCUT2D eigenvalue weighted by Crippen LogP contribution is 2.26. The summed E-state index contributed by atoms with van der Waals surface area (Å²) in [4.78, 5) is 7.93. The molecule has 2 rings (SSSR count). The van der Waals surface area contributed by atoms with Gasteiger partial charge in [-0.15, -0.1) is 0 Å². The Kier molecular flexibility index (Phi) is 4.17. The van der Waals surface area contributed by atoms with Gasteiger partial charge < -0.3 is 4.74 Å². The zero-order chi connectivity index (χ0) is 12.1. The lowest BCUT2D eigenvalue weighted by Gasteiger charge is -2.06. The second-order valence-electron chi connectivity index (χ2n) is 2.93. The lowest BCUT2D eigenvalue weighted by atomic mass is 10.2. The average molecular weight is 222 g/mol. The number of aromatic nitrogens is 2. The molecule has 0 unspecified atom stereocenters. The molecule has 1 aromatic heterocycles. The quantitative estimate of drug-likeness (QED) is 0.743. The Balaban J connectivity index is 0.000000606. The number of nitrogens with zero attached hydrogens (tertiary/aromatic N) is 2. The van der Waals surface area contributed by atoms with Crippen molar-refractivity contribution in [2.45, 2.75) is 20.8 Å². The van der Waals surface area contributed by atoms with E-state index in [-0.39, 0.29) is 5.82 Å². The number of rotatable bonds is 1. The van der Waals surface area contributed by atoms with Crippen molar-refractivity contribution < 1.29 is 9.13 Å². The van der Waals surface area contributed by atoms with Crippen LogP contribution in [-0.2, 0) is 0 Å². The van der Waals surface area contributed by atoms with Crippen molar-refractivity contribution in [1.29, 1.82) is 0 Å². The lowest BCUT2D eigenvalue weighted by Crippen LogP contribution is -1.94. The Hall–Kier alpha value is -1.71. The van der Waals surface area contributed by atoms with Crippen LogP contribution < -0.4 is 4.74 Å². The molecule has 0 amide bonds. The third kappa shape index (κ3) is 2.10. The Morgan fingerprint density at radius 2 is 1.88 bits per heavy atom. The Morgan fingerprint density at radius 3 is 2.50 bits per heavy atom. The summed E-state index contributed by atoms with van der Waals surface area (Å²) in [5.41, 5.74) is 1.13. The van der Waals surface area contributed by atoms with E-state index in [1.807, 2.05) is 13.8 Å². The first kappa shape index (κ1) is 12.4. The number of hydrogen-bond acceptors (Lipinski definition) is 3. The first-order valence-corrected chi connectivity index (χ1v) is 5.18. The Labute approximate surface area is 94.3 Å². The van der Waals surface area contributed by atoms with Crippen molar-refractivity contribution in [2.24, 2.45) is 0 Å². The maximum atomic E-state index is 13.4. The molecule has 0 aliphatic heterocycles. The standard InChI is InChI=1S/C10H9FN2O.C2H6/c1-6-9-7(11)3-4-8(14-2)10(9)13-5-12-6;1-2/h3-5H,1-2H3;1-2H3. The molecular formula is C12H15FN2O. The highest BCUT2D eigenvalue weighted by molar-refractivity contribution is 5.86. The molecule has 0 radical (unpaired) electrons. The molecule has 16 heavy (non-hydrogen) atoms. The van der Waals surface area contributed by atoms with Gasteiger partial charge in [0.1, 0.15) is 23.4 Å². The van der Waals surface area contributed by atoms with Gasteiger partial charge in [0.25, 0.3) is 0 Å². The molecule has 86 valence electrons. The molecular weight excluding hydrogens is 207 g/mol. The van der Waals surface area contributed by atoms with Crippen molar-refractivity contribution in [3.05, 3.63) is 30.0 Å². The van der Waals surface area contributed by atoms with Gasteiger partial charge in [0, 0.05) is 0 Å². The maximum Gasteiger partial charge on any atom is 0.145 e. The molecule has 0 saturated carbocycles. The minimum absolute atomic E-state index is 0.320. The van der Waals surface area contributed by atoms with Gasteiger partial charge >= 0.3 is 0 Å². The van der Waals surface area contributed by atoms with E-state index in [1.165, 1.54) is 19.5 Å². The van der Waals surface area contributed by atoms with Crippen LogP contribution in [0.1, 0.15) is 19.5 Å². The van der Waals surface area contributed by atoms with Gasteiger partial charge in [-0.2, -0.15) is 0 Å². The monoisotopic (exact) mass is 222 g/mol. The first-order chi connectivity index (χ1) is 7.74. The summed E-state index contributed by atoms with van der Waals surface area (Å²) >= 11 is 0. The highest BCUT2D eigenvalue weighted by atomic mass is 19.1. The fourth-order valence-electron chi connectivity index (χ4n) is 1.42. The molecule has 0 aliphatic carbocycles. The van der Waals surface area contributed by atoms with E-state index in [0.717, 1.165) is 0 Å². The van der Waals surface area contributed by atoms with Crippen LogP contribution in [0.3, 0.4) is 0 Å². The summed E-state index contributed by atoms with van der Waals surface area (Å²) in [7, 11) is 1.53. The van der Waals surface area contributed by atoms with Crippen LogP contribution in [0.15, 0.2) is 18.5 Å². The van der Waals surface area contributed by atoms with Crippen molar-refractivity contribution in [1.82, 2.24) is 9.97 Å². The van der Waals surface area contributed by atoms with E-state index < -0.39 is 0 Å². The summed E-state index contributed by atoms with van der Waals surface area (Å²) in [5, 5.41) is 0.423. The maximum absolute atomic E-state index is 13.4. The van der Waals surface area contributed by atoms with Gasteiger partial charge in [0.15, 0.2) is 0 Å².